The summed E-state index contributed by atoms with van der Waals surface area (Å²) in [5.74, 6) is 0. The number of nitrogens with zero attached hydrogens (tertiary/aromatic N) is 1. The van der Waals surface area contributed by atoms with Gasteiger partial charge < -0.3 is 10.2 Å². The fourth-order valence-electron chi connectivity index (χ4n) is 1.64. The Bertz CT molecular complexity index is 117. The summed E-state index contributed by atoms with van der Waals surface area (Å²) in [6.07, 6.45) is 4.13. The lowest BCUT2D eigenvalue weighted by molar-refractivity contribution is 0.224. The first-order chi connectivity index (χ1) is 5.70. The Morgan fingerprint density at radius 1 is 1.42 bits per heavy atom. The van der Waals surface area contributed by atoms with Crippen molar-refractivity contribution in [3.8, 4) is 0 Å². The molecular weight excluding hydrogens is 148 g/mol. The van der Waals surface area contributed by atoms with E-state index in [9.17, 15) is 0 Å². The van der Waals surface area contributed by atoms with Gasteiger partial charge in [-0.05, 0) is 40.3 Å². The molecule has 72 valence electrons. The van der Waals surface area contributed by atoms with Crippen LogP contribution in [-0.2, 0) is 0 Å². The Morgan fingerprint density at radius 3 is 2.67 bits per heavy atom. The zero-order chi connectivity index (χ0) is 8.97. The summed E-state index contributed by atoms with van der Waals surface area (Å²) in [6.45, 7) is 6.93. The highest BCUT2D eigenvalue weighted by molar-refractivity contribution is 4.75. The highest BCUT2D eigenvalue weighted by atomic mass is 15.1. The molecule has 12 heavy (non-hydrogen) atoms. The van der Waals surface area contributed by atoms with Crippen LogP contribution in [0, 0.1) is 0 Å². The lowest BCUT2D eigenvalue weighted by Crippen LogP contribution is -2.44. The molecule has 0 saturated carbocycles. The fraction of sp³-hybridized carbons (Fsp3) is 1.00. The molecule has 1 rings (SSSR count). The summed E-state index contributed by atoms with van der Waals surface area (Å²) in [5.41, 5.74) is 0. The minimum absolute atomic E-state index is 0.675. The van der Waals surface area contributed by atoms with Gasteiger partial charge in [-0.25, -0.2) is 0 Å². The Labute approximate surface area is 76.3 Å². The van der Waals surface area contributed by atoms with Crippen LogP contribution in [0.15, 0.2) is 0 Å². The van der Waals surface area contributed by atoms with E-state index >= 15 is 0 Å². The van der Waals surface area contributed by atoms with Gasteiger partial charge in [-0.1, -0.05) is 6.42 Å². The molecule has 1 fully saturated rings. The van der Waals surface area contributed by atoms with Crippen molar-refractivity contribution in [3.63, 3.8) is 0 Å². The predicted octanol–water partition coefficient (Wildman–Crippen LogP) is 1.47. The number of piperidine rings is 1. The molecule has 0 bridgehead atoms. The quantitative estimate of drug-likeness (QED) is 0.690. The molecule has 1 N–H and O–H groups in total. The highest BCUT2D eigenvalue weighted by Crippen LogP contribution is 2.08. The zero-order valence-electron chi connectivity index (χ0n) is 8.64. The van der Waals surface area contributed by atoms with Crippen molar-refractivity contribution in [2.24, 2.45) is 0 Å². The van der Waals surface area contributed by atoms with Crippen molar-refractivity contribution < 1.29 is 0 Å². The summed E-state index contributed by atoms with van der Waals surface area (Å²) in [6, 6.07) is 1.42. The van der Waals surface area contributed by atoms with Crippen LogP contribution in [0.25, 0.3) is 0 Å². The SMILES string of the molecule is CC(C)N(C)CC1CCCCN1. The Balaban J connectivity index is 2.20. The van der Waals surface area contributed by atoms with Gasteiger partial charge in [0.25, 0.3) is 0 Å². The molecule has 1 unspecified atom stereocenters. The minimum atomic E-state index is 0.675. The smallest absolute Gasteiger partial charge is 0.0195 e. The van der Waals surface area contributed by atoms with E-state index in [-0.39, 0.29) is 0 Å². The van der Waals surface area contributed by atoms with Gasteiger partial charge in [0.2, 0.25) is 0 Å². The summed E-state index contributed by atoms with van der Waals surface area (Å²) >= 11 is 0. The number of nitrogens with one attached hydrogen (secondary N) is 1. The van der Waals surface area contributed by atoms with E-state index in [1.807, 2.05) is 0 Å². The third-order valence-electron chi connectivity index (χ3n) is 2.80. The Morgan fingerprint density at radius 2 is 2.17 bits per heavy atom. The topological polar surface area (TPSA) is 15.3 Å². The molecule has 1 aliphatic rings. The van der Waals surface area contributed by atoms with Crippen LogP contribution in [-0.4, -0.2) is 37.1 Å². The lowest BCUT2D eigenvalue weighted by Gasteiger charge is -2.30. The molecule has 1 aliphatic heterocycles. The molecule has 1 heterocycles. The minimum Gasteiger partial charge on any atom is -0.313 e. The summed E-state index contributed by atoms with van der Waals surface area (Å²) in [4.78, 5) is 2.42. The van der Waals surface area contributed by atoms with Crippen molar-refractivity contribution in [2.75, 3.05) is 20.1 Å². The lowest BCUT2D eigenvalue weighted by atomic mass is 10.0. The molecule has 0 aliphatic carbocycles. The molecule has 0 amide bonds. The summed E-state index contributed by atoms with van der Waals surface area (Å²) in [5, 5.41) is 3.56. The Kier molecular flexibility index (Phi) is 4.02. The van der Waals surface area contributed by atoms with Gasteiger partial charge in [0.05, 0.1) is 0 Å². The highest BCUT2D eigenvalue weighted by Gasteiger charge is 2.15. The van der Waals surface area contributed by atoms with Crippen LogP contribution < -0.4 is 5.32 Å². The number of rotatable bonds is 3. The third kappa shape index (κ3) is 3.11. The fourth-order valence-corrected chi connectivity index (χ4v) is 1.64. The molecule has 1 atom stereocenters. The van der Waals surface area contributed by atoms with Gasteiger partial charge in [0, 0.05) is 18.6 Å². The molecule has 0 spiro atoms. The molecule has 0 aromatic heterocycles. The molecule has 2 nitrogen and oxygen atoms in total. The third-order valence-corrected chi connectivity index (χ3v) is 2.80. The van der Waals surface area contributed by atoms with Crippen LogP contribution >= 0.6 is 0 Å². The average molecular weight is 170 g/mol. The predicted molar refractivity (Wildman–Crippen MR) is 53.4 cm³/mol. The van der Waals surface area contributed by atoms with Crippen LogP contribution in [0.1, 0.15) is 33.1 Å². The van der Waals surface area contributed by atoms with Crippen LogP contribution in [0.3, 0.4) is 0 Å². The van der Waals surface area contributed by atoms with Gasteiger partial charge in [-0.3, -0.25) is 0 Å². The second-order valence-electron chi connectivity index (χ2n) is 4.18. The molecule has 0 aromatic carbocycles. The van der Waals surface area contributed by atoms with Gasteiger partial charge in [0.15, 0.2) is 0 Å². The van der Waals surface area contributed by atoms with E-state index in [0.29, 0.717) is 6.04 Å². The number of hydrogen-bond acceptors (Lipinski definition) is 2. The monoisotopic (exact) mass is 170 g/mol. The van der Waals surface area contributed by atoms with Crippen LogP contribution in [0.5, 0.6) is 0 Å². The second-order valence-corrected chi connectivity index (χ2v) is 4.18. The molecule has 2 heteroatoms. The van der Waals surface area contributed by atoms with Gasteiger partial charge >= 0.3 is 0 Å². The van der Waals surface area contributed by atoms with Crippen molar-refractivity contribution in [1.82, 2.24) is 10.2 Å². The average Bonchev–Trinajstić information content (AvgIpc) is 2.06. The first-order valence-corrected chi connectivity index (χ1v) is 5.14. The first-order valence-electron chi connectivity index (χ1n) is 5.14. The zero-order valence-corrected chi connectivity index (χ0v) is 8.64. The van der Waals surface area contributed by atoms with Gasteiger partial charge in [-0.15, -0.1) is 0 Å². The van der Waals surface area contributed by atoms with Crippen LogP contribution in [0.4, 0.5) is 0 Å². The van der Waals surface area contributed by atoms with E-state index < -0.39 is 0 Å². The van der Waals surface area contributed by atoms with E-state index in [1.54, 1.807) is 0 Å². The standard InChI is InChI=1S/C10H22N2/c1-9(2)12(3)8-10-6-4-5-7-11-10/h9-11H,4-8H2,1-3H3. The first kappa shape index (κ1) is 10.0. The second kappa shape index (κ2) is 4.83. The Hall–Kier alpha value is -0.0800. The normalized spacial score (nSPS) is 25.2. The molecule has 0 aromatic rings. The van der Waals surface area contributed by atoms with Crippen molar-refractivity contribution in [3.05, 3.63) is 0 Å². The molecular formula is C10H22N2. The number of likely N-dealkylation sites (N-methyl/N-ethyl adjacent to an activating group) is 1. The molecule has 1 saturated heterocycles. The summed E-state index contributed by atoms with van der Waals surface area (Å²) < 4.78 is 0. The van der Waals surface area contributed by atoms with Gasteiger partial charge in [0.1, 0.15) is 0 Å². The van der Waals surface area contributed by atoms with Gasteiger partial charge in [-0.2, -0.15) is 0 Å². The van der Waals surface area contributed by atoms with Crippen molar-refractivity contribution in [1.29, 1.82) is 0 Å². The number of hydrogen-bond donors (Lipinski definition) is 1. The van der Waals surface area contributed by atoms with E-state index in [0.717, 1.165) is 6.04 Å². The summed E-state index contributed by atoms with van der Waals surface area (Å²) in [7, 11) is 2.21. The van der Waals surface area contributed by atoms with E-state index in [4.69, 9.17) is 0 Å². The van der Waals surface area contributed by atoms with Crippen LogP contribution in [0.2, 0.25) is 0 Å². The maximum Gasteiger partial charge on any atom is 0.0195 e. The van der Waals surface area contributed by atoms with E-state index in [2.05, 4.69) is 31.1 Å². The van der Waals surface area contributed by atoms with Crippen molar-refractivity contribution in [2.45, 2.75) is 45.2 Å². The van der Waals surface area contributed by atoms with Crippen molar-refractivity contribution >= 4 is 0 Å². The maximum atomic E-state index is 3.56. The molecule has 0 radical (unpaired) electrons. The van der Waals surface area contributed by atoms with E-state index in [1.165, 1.54) is 32.4 Å². The largest absolute Gasteiger partial charge is 0.313 e. The maximum absolute atomic E-state index is 3.56.